The number of hydrogen-bond donors (Lipinski definition) is 0. The van der Waals surface area contributed by atoms with Gasteiger partial charge in [-0.2, -0.15) is 5.10 Å². The number of rotatable bonds is 0. The number of aromatic nitrogens is 13. The van der Waals surface area contributed by atoms with Crippen LogP contribution >= 0.6 is 11.3 Å². The summed E-state index contributed by atoms with van der Waals surface area (Å²) in [6.07, 6.45) is 28.5. The molecular weight excluding hydrogens is 1270 g/mol. The van der Waals surface area contributed by atoms with E-state index in [9.17, 15) is 0 Å². The SMILES string of the molecule is C.CC.CC.CC.CC.CC.CC.CC.CC(C)(C)C1=CN=[N+]2C=CC=NC12.CC(C)(C)c1cccc2nonc12.CC(C)(C)c1cnc2ccccn12.CC(C)(C)c1cnc2cccnn12.CC(C)(C)c1cnc2ncccn12.CC(C)(C)c1cnc2sccn12.CC(C)(C)c1cnoc1. The molecule has 101 heavy (non-hydrogen) atoms. The fraction of sp³-hybridized carbons (Fsp3) is 0.537. The van der Waals surface area contributed by atoms with Crippen molar-refractivity contribution in [2.45, 2.75) is 288 Å². The van der Waals surface area contributed by atoms with Gasteiger partial charge in [0.25, 0.3) is 0 Å². The monoisotopic (exact) mass is 1410 g/mol. The molecule has 12 heterocycles. The normalized spacial score (nSPS) is 12.6. The van der Waals surface area contributed by atoms with Crippen LogP contribution in [0.3, 0.4) is 0 Å². The second kappa shape index (κ2) is 44.8. The molecule has 13 rings (SSSR count). The van der Waals surface area contributed by atoms with E-state index in [1.165, 1.54) is 28.2 Å². The standard InChI is InChI=1S/C11H14N2.C10H13N3.C10H14N3.C10H13N3.C10H12N2O.C9H12N2S.C7H11NO.7C2H6.CH4/c1-11(2,3)9-8-12-10-6-4-5-7-13(9)10;1-10(2,3)8-7-12-9-11-5-4-6-13(8)9;1-10(2,3)8-7-12-13-6-4-5-11-9(8)13;1-10(2,3)8-7-11-9-5-4-6-12-13(8)9;1-10(2,3)7-5-4-6-8-9(7)12-13-11-8;1-9(2,3)7-6-10-8-11(7)4-5-12-8;1-7(2,3)6-4-8-9-5-6;7*1-2;/h4-8H,1-3H3;4-7H,1-3H3;4-7,9H,1-3H3;4-7H,1-3H3;4-6H,1-3H3;4-6H,1-3H3;4-5H,1-3H3;7*1-2H3;1H4/q;;+1;;;;;;;;;;;;. The molecule has 0 aliphatic carbocycles. The van der Waals surface area contributed by atoms with E-state index in [0.29, 0.717) is 0 Å². The molecule has 0 saturated carbocycles. The molecule has 1 aromatic carbocycles. The lowest BCUT2D eigenvalue weighted by Gasteiger charge is -2.20. The van der Waals surface area contributed by atoms with Gasteiger partial charge in [-0.3, -0.25) is 8.80 Å². The molecule has 0 bridgehead atoms. The van der Waals surface area contributed by atoms with Crippen molar-refractivity contribution >= 4 is 50.6 Å². The molecular formula is C82H135N16O2S+. The van der Waals surface area contributed by atoms with Crippen molar-refractivity contribution in [3.8, 4) is 0 Å². The first-order valence-electron chi connectivity index (χ1n) is 36.1. The van der Waals surface area contributed by atoms with Gasteiger partial charge in [0.1, 0.15) is 29.1 Å². The van der Waals surface area contributed by atoms with E-state index in [4.69, 9.17) is 9.15 Å². The van der Waals surface area contributed by atoms with Gasteiger partial charge >= 0.3 is 6.17 Å². The van der Waals surface area contributed by atoms with Crippen LogP contribution in [0.25, 0.3) is 33.1 Å². The van der Waals surface area contributed by atoms with Gasteiger partial charge in [0.15, 0.2) is 10.6 Å². The number of aliphatic imine (C=N–C) groups is 1. The summed E-state index contributed by atoms with van der Waals surface area (Å²) in [6.45, 7) is 73.6. The molecule has 11 aromatic rings. The Kier molecular flexibility index (Phi) is 42.0. The Morgan fingerprint density at radius 3 is 1.54 bits per heavy atom. The van der Waals surface area contributed by atoms with Gasteiger partial charge in [-0.05, 0) is 73.6 Å². The maximum atomic E-state index is 4.70. The lowest BCUT2D eigenvalue weighted by molar-refractivity contribution is -0.547. The summed E-state index contributed by atoms with van der Waals surface area (Å²) < 4.78 is 19.5. The van der Waals surface area contributed by atoms with E-state index < -0.39 is 0 Å². The largest absolute Gasteiger partial charge is 0.364 e. The predicted octanol–water partition coefficient (Wildman–Crippen LogP) is 24.0. The molecule has 1 unspecified atom stereocenters. The Hall–Kier alpha value is -8.32. The van der Waals surface area contributed by atoms with Crippen LogP contribution in [0.4, 0.5) is 0 Å². The van der Waals surface area contributed by atoms with Crippen molar-refractivity contribution in [1.82, 2.24) is 63.2 Å². The highest BCUT2D eigenvalue weighted by Gasteiger charge is 2.38. The Labute approximate surface area is 614 Å². The number of azo groups is 2. The highest BCUT2D eigenvalue weighted by Crippen LogP contribution is 2.34. The molecule has 0 radical (unpaired) electrons. The predicted molar refractivity (Wildman–Crippen MR) is 433 cm³/mol. The molecule has 1 atom stereocenters. The van der Waals surface area contributed by atoms with Crippen LogP contribution in [0, 0.1) is 5.41 Å². The second-order valence-corrected chi connectivity index (χ2v) is 29.2. The van der Waals surface area contributed by atoms with Gasteiger partial charge < -0.3 is 8.92 Å². The first-order valence-corrected chi connectivity index (χ1v) is 36.9. The average molecular weight is 1410 g/mol. The third-order valence-corrected chi connectivity index (χ3v) is 14.6. The highest BCUT2D eigenvalue weighted by atomic mass is 32.1. The lowest BCUT2D eigenvalue weighted by atomic mass is 9.85. The molecule has 0 fully saturated rings. The van der Waals surface area contributed by atoms with E-state index >= 15 is 0 Å². The number of pyridine rings is 1. The minimum Gasteiger partial charge on any atom is -0.364 e. The lowest BCUT2D eigenvalue weighted by Crippen LogP contribution is -2.26. The van der Waals surface area contributed by atoms with Crippen molar-refractivity contribution in [2.24, 2.45) is 15.5 Å². The van der Waals surface area contributed by atoms with Gasteiger partial charge in [0, 0.05) is 99.2 Å². The van der Waals surface area contributed by atoms with Crippen LogP contribution in [0.15, 0.2) is 172 Å². The van der Waals surface area contributed by atoms with Crippen LogP contribution in [0.5, 0.6) is 0 Å². The third kappa shape index (κ3) is 28.9. The number of fused-ring (bicyclic) bond motifs is 6. The molecule has 19 heteroatoms. The molecule has 2 aliphatic rings. The summed E-state index contributed by atoms with van der Waals surface area (Å²) >= 11 is 1.68. The van der Waals surface area contributed by atoms with E-state index in [1.54, 1.807) is 36.2 Å². The summed E-state index contributed by atoms with van der Waals surface area (Å²) in [4.78, 5) is 26.8. The zero-order valence-electron chi connectivity index (χ0n) is 68.4. The van der Waals surface area contributed by atoms with Gasteiger partial charge in [0.2, 0.25) is 12.0 Å². The summed E-state index contributed by atoms with van der Waals surface area (Å²) in [6, 6.07) is 17.8. The van der Waals surface area contributed by atoms with E-state index in [-0.39, 0.29) is 51.5 Å². The fourth-order valence-corrected chi connectivity index (χ4v) is 9.68. The molecule has 18 nitrogen and oxygen atoms in total. The van der Waals surface area contributed by atoms with Gasteiger partial charge in [0.05, 0.1) is 36.1 Å². The maximum absolute atomic E-state index is 4.70. The maximum Gasteiger partial charge on any atom is 0.301 e. The number of thiazole rings is 1. The number of benzene rings is 1. The molecule has 560 valence electrons. The first-order chi connectivity index (χ1) is 47.1. The third-order valence-electron chi connectivity index (χ3n) is 13.9. The number of nitrogens with zero attached hydrogens (tertiary/aromatic N) is 16. The Morgan fingerprint density at radius 1 is 0.465 bits per heavy atom. The summed E-state index contributed by atoms with van der Waals surface area (Å²) in [5.41, 5.74) is 13.0. The van der Waals surface area contributed by atoms with E-state index in [1.807, 2.05) is 215 Å². The highest BCUT2D eigenvalue weighted by molar-refractivity contribution is 7.15. The Balaban J connectivity index is 0. The number of allylic oxidation sites excluding steroid dienone is 1. The van der Waals surface area contributed by atoms with Gasteiger partial charge in [-0.25, -0.2) is 39.1 Å². The molecule has 0 amide bonds. The quantitative estimate of drug-likeness (QED) is 0.131. The van der Waals surface area contributed by atoms with Gasteiger partial charge in [-0.1, -0.05) is 278 Å². The minimum absolute atomic E-state index is 0. The average Bonchev–Trinajstić information content (AvgIpc) is 1.74. The van der Waals surface area contributed by atoms with Gasteiger partial charge in [-0.15, -0.1) is 11.3 Å². The zero-order valence-corrected chi connectivity index (χ0v) is 69.2. The summed E-state index contributed by atoms with van der Waals surface area (Å²) in [7, 11) is 0. The smallest absolute Gasteiger partial charge is 0.301 e. The van der Waals surface area contributed by atoms with Crippen molar-refractivity contribution < 1.29 is 13.8 Å². The van der Waals surface area contributed by atoms with Crippen molar-refractivity contribution in [2.75, 3.05) is 0 Å². The van der Waals surface area contributed by atoms with Crippen LogP contribution in [-0.2, 0) is 32.5 Å². The van der Waals surface area contributed by atoms with Crippen molar-refractivity contribution in [3.63, 3.8) is 0 Å². The van der Waals surface area contributed by atoms with E-state index in [2.05, 4.69) is 234 Å². The molecule has 10 aromatic heterocycles. The first kappa shape index (κ1) is 94.7. The second-order valence-electron chi connectivity index (χ2n) is 28.3. The number of imidazole rings is 4. The van der Waals surface area contributed by atoms with E-state index in [0.717, 1.165) is 44.3 Å². The summed E-state index contributed by atoms with van der Waals surface area (Å²) in [5, 5.41) is 21.9. The summed E-state index contributed by atoms with van der Waals surface area (Å²) in [5.74, 6) is 0.771. The van der Waals surface area contributed by atoms with Crippen LogP contribution < -0.4 is 0 Å². The minimum atomic E-state index is 0. The van der Waals surface area contributed by atoms with Crippen LogP contribution in [0.1, 0.15) is 284 Å². The molecule has 0 saturated heterocycles. The van der Waals surface area contributed by atoms with Crippen molar-refractivity contribution in [3.05, 3.63) is 186 Å². The topological polar surface area (TPSA) is 188 Å². The Bertz CT molecular complexity index is 3870. The number of hydrogen-bond acceptors (Lipinski definition) is 14. The molecule has 0 N–H and O–H groups in total. The Morgan fingerprint density at radius 2 is 1.00 bits per heavy atom. The molecule has 2 aliphatic heterocycles. The van der Waals surface area contributed by atoms with Crippen molar-refractivity contribution in [1.29, 1.82) is 0 Å². The van der Waals surface area contributed by atoms with Crippen LogP contribution in [-0.4, -0.2) is 80.3 Å². The zero-order chi connectivity index (χ0) is 77.0. The molecule has 0 spiro atoms. The fourth-order valence-electron chi connectivity index (χ4n) is 8.99. The van der Waals surface area contributed by atoms with Crippen LogP contribution in [0.2, 0.25) is 0 Å².